The molecule has 1 aliphatic heterocycles. The van der Waals surface area contributed by atoms with Crippen LogP contribution in [0.4, 0.5) is 0 Å². The van der Waals surface area contributed by atoms with Gasteiger partial charge in [-0.1, -0.05) is 0 Å². The van der Waals surface area contributed by atoms with E-state index in [0.29, 0.717) is 6.54 Å². The zero-order valence-corrected chi connectivity index (χ0v) is 17.3. The summed E-state index contributed by atoms with van der Waals surface area (Å²) in [5.41, 5.74) is 1.14. The highest BCUT2D eigenvalue weighted by atomic mass is 127. The van der Waals surface area contributed by atoms with Crippen LogP contribution in [0.5, 0.6) is 0 Å². The fourth-order valence-corrected chi connectivity index (χ4v) is 2.99. The van der Waals surface area contributed by atoms with Crippen LogP contribution in [0.2, 0.25) is 0 Å². The molecule has 1 aliphatic rings. The van der Waals surface area contributed by atoms with Crippen LogP contribution in [0.25, 0.3) is 0 Å². The van der Waals surface area contributed by atoms with Crippen molar-refractivity contribution in [3.8, 4) is 0 Å². The molecule has 0 spiro atoms. The molecule has 1 fully saturated rings. The number of nitrogens with zero attached hydrogens (tertiary/aromatic N) is 3. The second kappa shape index (κ2) is 11.2. The van der Waals surface area contributed by atoms with Gasteiger partial charge in [0, 0.05) is 38.0 Å². The molecule has 1 unspecified atom stereocenters. The van der Waals surface area contributed by atoms with Crippen LogP contribution in [0.15, 0.2) is 10.4 Å². The van der Waals surface area contributed by atoms with E-state index in [2.05, 4.69) is 44.9 Å². The maximum atomic E-state index is 5.74. The first-order valence-corrected chi connectivity index (χ1v) is 8.78. The van der Waals surface area contributed by atoms with Crippen molar-refractivity contribution in [3.05, 3.63) is 16.1 Å². The Morgan fingerprint density at radius 3 is 3.00 bits per heavy atom. The van der Waals surface area contributed by atoms with Crippen LogP contribution in [0, 0.1) is 6.92 Å². The number of hydrogen-bond donors (Lipinski definition) is 2. The smallest absolute Gasteiger partial charge is 0.191 e. The summed E-state index contributed by atoms with van der Waals surface area (Å²) in [7, 11) is 2.12. The largest absolute Gasteiger partial charge is 0.374 e. The first kappa shape index (κ1) is 20.6. The summed E-state index contributed by atoms with van der Waals surface area (Å²) in [6.07, 6.45) is 1.10. The lowest BCUT2D eigenvalue weighted by Crippen LogP contribution is -2.43. The predicted molar refractivity (Wildman–Crippen MR) is 107 cm³/mol. The number of halogens is 1. The number of likely N-dealkylation sites (N-methyl/N-ethyl adjacent to an activating group) is 1. The van der Waals surface area contributed by atoms with E-state index < -0.39 is 0 Å². The molecule has 23 heavy (non-hydrogen) atoms. The van der Waals surface area contributed by atoms with Crippen LogP contribution in [-0.4, -0.2) is 68.3 Å². The third-order valence-corrected chi connectivity index (χ3v) is 4.30. The highest BCUT2D eigenvalue weighted by Crippen LogP contribution is 2.07. The number of ether oxygens (including phenoxy) is 1. The Morgan fingerprint density at radius 1 is 1.52 bits per heavy atom. The average molecular weight is 453 g/mol. The second-order valence-corrected chi connectivity index (χ2v) is 6.57. The van der Waals surface area contributed by atoms with Gasteiger partial charge in [0.25, 0.3) is 0 Å². The fourth-order valence-electron chi connectivity index (χ4n) is 2.34. The molecule has 2 N–H and O–H groups in total. The maximum Gasteiger partial charge on any atom is 0.191 e. The lowest BCUT2D eigenvalue weighted by molar-refractivity contribution is -0.0136. The summed E-state index contributed by atoms with van der Waals surface area (Å²) < 4.78 is 5.74. The molecule has 1 saturated heterocycles. The number of nitrogens with one attached hydrogen (secondary N) is 2. The van der Waals surface area contributed by atoms with E-state index in [1.54, 1.807) is 11.3 Å². The Balaban J connectivity index is 0.00000264. The van der Waals surface area contributed by atoms with Gasteiger partial charge in [-0.05, 0) is 20.9 Å². The summed E-state index contributed by atoms with van der Waals surface area (Å²) in [5.74, 6) is 0.853. The number of hydrogen-bond acceptors (Lipinski definition) is 5. The SMILES string of the molecule is CCNC(=NCC1CN(C)CCO1)NCCc1csc(C)n1.I. The second-order valence-electron chi connectivity index (χ2n) is 5.51. The van der Waals surface area contributed by atoms with E-state index in [4.69, 9.17) is 4.74 Å². The molecular formula is C15H28IN5OS. The van der Waals surface area contributed by atoms with Gasteiger partial charge in [-0.25, -0.2) is 4.98 Å². The molecule has 0 aliphatic carbocycles. The standard InChI is InChI=1S/C15H27N5OS.HI/c1-4-16-15(17-6-5-13-11-22-12(2)19-13)18-9-14-10-20(3)7-8-21-14;/h11,14H,4-10H2,1-3H3,(H2,16,17,18);1H. The molecule has 0 bridgehead atoms. The maximum absolute atomic E-state index is 5.74. The average Bonchev–Trinajstić information content (AvgIpc) is 2.90. The lowest BCUT2D eigenvalue weighted by Gasteiger charge is -2.29. The van der Waals surface area contributed by atoms with E-state index in [0.717, 1.165) is 55.9 Å². The molecule has 0 saturated carbocycles. The fraction of sp³-hybridized carbons (Fsp3) is 0.733. The third-order valence-electron chi connectivity index (χ3n) is 3.48. The summed E-state index contributed by atoms with van der Waals surface area (Å²) in [6.45, 7) is 9.24. The number of morpholine rings is 1. The topological polar surface area (TPSA) is 61.8 Å². The molecule has 0 radical (unpaired) electrons. The van der Waals surface area contributed by atoms with E-state index >= 15 is 0 Å². The van der Waals surface area contributed by atoms with Crippen LogP contribution in [-0.2, 0) is 11.2 Å². The Bertz CT molecular complexity index is 482. The summed E-state index contributed by atoms with van der Waals surface area (Å²) in [4.78, 5) is 11.4. The monoisotopic (exact) mass is 453 g/mol. The Hall–Kier alpha value is -0.450. The number of thiazole rings is 1. The van der Waals surface area contributed by atoms with Gasteiger partial charge in [0.2, 0.25) is 0 Å². The van der Waals surface area contributed by atoms with Gasteiger partial charge < -0.3 is 20.3 Å². The molecule has 1 atom stereocenters. The van der Waals surface area contributed by atoms with E-state index in [1.807, 2.05) is 6.92 Å². The number of rotatable bonds is 6. The molecule has 2 heterocycles. The molecular weight excluding hydrogens is 425 g/mol. The van der Waals surface area contributed by atoms with Gasteiger partial charge in [-0.3, -0.25) is 4.99 Å². The van der Waals surface area contributed by atoms with Gasteiger partial charge in [0.05, 0.1) is 30.0 Å². The molecule has 8 heteroatoms. The first-order chi connectivity index (χ1) is 10.7. The van der Waals surface area contributed by atoms with Crippen LogP contribution >= 0.6 is 35.3 Å². The van der Waals surface area contributed by atoms with Crippen LogP contribution in [0.1, 0.15) is 17.6 Å². The van der Waals surface area contributed by atoms with Crippen molar-refractivity contribution < 1.29 is 4.74 Å². The lowest BCUT2D eigenvalue weighted by atomic mass is 10.3. The molecule has 0 aromatic carbocycles. The Labute approximate surface area is 160 Å². The Kier molecular flexibility index (Phi) is 10.00. The minimum absolute atomic E-state index is 0. The van der Waals surface area contributed by atoms with Gasteiger partial charge in [-0.2, -0.15) is 0 Å². The number of guanidine groups is 1. The van der Waals surface area contributed by atoms with Gasteiger partial charge in [0.15, 0.2) is 5.96 Å². The zero-order valence-electron chi connectivity index (χ0n) is 14.2. The summed E-state index contributed by atoms with van der Waals surface area (Å²) in [6, 6.07) is 0. The van der Waals surface area contributed by atoms with Gasteiger partial charge in [-0.15, -0.1) is 35.3 Å². The molecule has 132 valence electrons. The van der Waals surface area contributed by atoms with Crippen molar-refractivity contribution in [1.29, 1.82) is 0 Å². The molecule has 1 aromatic rings. The van der Waals surface area contributed by atoms with Crippen molar-refractivity contribution in [3.63, 3.8) is 0 Å². The van der Waals surface area contributed by atoms with Crippen molar-refractivity contribution in [2.75, 3.05) is 46.4 Å². The minimum Gasteiger partial charge on any atom is -0.374 e. The van der Waals surface area contributed by atoms with Crippen LogP contribution < -0.4 is 10.6 Å². The van der Waals surface area contributed by atoms with Crippen molar-refractivity contribution in [2.24, 2.45) is 4.99 Å². The minimum atomic E-state index is 0. The highest BCUT2D eigenvalue weighted by Gasteiger charge is 2.17. The highest BCUT2D eigenvalue weighted by molar-refractivity contribution is 14.0. The van der Waals surface area contributed by atoms with E-state index in [-0.39, 0.29) is 30.1 Å². The third kappa shape index (κ3) is 7.77. The van der Waals surface area contributed by atoms with E-state index in [1.165, 1.54) is 0 Å². The van der Waals surface area contributed by atoms with Crippen molar-refractivity contribution in [1.82, 2.24) is 20.5 Å². The molecule has 1 aromatic heterocycles. The summed E-state index contributed by atoms with van der Waals surface area (Å²) >= 11 is 1.70. The molecule has 6 nitrogen and oxygen atoms in total. The quantitative estimate of drug-likeness (QED) is 0.389. The molecule has 2 rings (SSSR count). The Morgan fingerprint density at radius 2 is 2.35 bits per heavy atom. The predicted octanol–water partition coefficient (Wildman–Crippen LogP) is 1.50. The van der Waals surface area contributed by atoms with Gasteiger partial charge >= 0.3 is 0 Å². The van der Waals surface area contributed by atoms with E-state index in [9.17, 15) is 0 Å². The normalized spacial score (nSPS) is 19.3. The molecule has 0 amide bonds. The first-order valence-electron chi connectivity index (χ1n) is 7.90. The van der Waals surface area contributed by atoms with Crippen LogP contribution in [0.3, 0.4) is 0 Å². The number of aliphatic imine (C=N–C) groups is 1. The number of aryl methyl sites for hydroxylation is 1. The summed E-state index contributed by atoms with van der Waals surface area (Å²) in [5, 5.41) is 9.88. The van der Waals surface area contributed by atoms with Crippen molar-refractivity contribution in [2.45, 2.75) is 26.4 Å². The van der Waals surface area contributed by atoms with Gasteiger partial charge in [0.1, 0.15) is 0 Å². The zero-order chi connectivity index (χ0) is 15.8. The van der Waals surface area contributed by atoms with Crippen molar-refractivity contribution >= 4 is 41.3 Å². The number of aromatic nitrogens is 1.